The van der Waals surface area contributed by atoms with E-state index in [1.807, 2.05) is 6.07 Å². The highest BCUT2D eigenvalue weighted by Gasteiger charge is 2.42. The molecule has 0 N–H and O–H groups in total. The molecule has 2 nitrogen and oxygen atoms in total. The molecule has 0 saturated heterocycles. The number of benzene rings is 1. The van der Waals surface area contributed by atoms with E-state index < -0.39 is 0 Å². The molecular weight excluding hydrogens is 315 g/mol. The highest BCUT2D eigenvalue weighted by molar-refractivity contribution is 9.10. The summed E-state index contributed by atoms with van der Waals surface area (Å²) in [4.78, 5) is 0. The molecule has 1 aliphatic carbocycles. The first-order chi connectivity index (χ1) is 7.61. The van der Waals surface area contributed by atoms with Crippen molar-refractivity contribution in [2.75, 3.05) is 7.11 Å². The molecular formula is C11H11BrCl2O2. The third kappa shape index (κ3) is 2.48. The van der Waals surface area contributed by atoms with Gasteiger partial charge in [-0.15, -0.1) is 11.6 Å². The molecule has 1 aromatic rings. The molecule has 16 heavy (non-hydrogen) atoms. The molecule has 88 valence electrons. The van der Waals surface area contributed by atoms with Gasteiger partial charge in [0.15, 0.2) is 0 Å². The van der Waals surface area contributed by atoms with Gasteiger partial charge in [-0.1, -0.05) is 11.6 Å². The van der Waals surface area contributed by atoms with Crippen LogP contribution in [0, 0.1) is 0 Å². The van der Waals surface area contributed by atoms with Crippen molar-refractivity contribution < 1.29 is 9.47 Å². The Bertz CT molecular complexity index is 386. The minimum atomic E-state index is -0.0377. The number of hydrogen-bond donors (Lipinski definition) is 0. The lowest BCUT2D eigenvalue weighted by atomic mass is 9.91. The molecule has 0 aromatic heterocycles. The van der Waals surface area contributed by atoms with Gasteiger partial charge in [-0.3, -0.25) is 0 Å². The van der Waals surface area contributed by atoms with Crippen LogP contribution in [-0.4, -0.2) is 24.7 Å². The third-order valence-corrected chi connectivity index (χ3v) is 3.91. The molecule has 0 spiro atoms. The maximum Gasteiger partial charge on any atom is 0.134 e. The zero-order valence-corrected chi connectivity index (χ0v) is 11.7. The quantitative estimate of drug-likeness (QED) is 0.785. The van der Waals surface area contributed by atoms with Gasteiger partial charge < -0.3 is 9.47 Å². The Morgan fingerprint density at radius 3 is 2.75 bits per heavy atom. The van der Waals surface area contributed by atoms with E-state index in [2.05, 4.69) is 15.9 Å². The molecule has 1 saturated carbocycles. The molecule has 2 rings (SSSR count). The Morgan fingerprint density at radius 1 is 1.44 bits per heavy atom. The SMILES string of the molecule is COC1C(Cl)CC1Oc1ccc(Cl)cc1Br. The van der Waals surface area contributed by atoms with Crippen molar-refractivity contribution in [2.45, 2.75) is 24.0 Å². The van der Waals surface area contributed by atoms with Gasteiger partial charge >= 0.3 is 0 Å². The minimum absolute atomic E-state index is 0.0185. The van der Waals surface area contributed by atoms with E-state index in [1.54, 1.807) is 19.2 Å². The first kappa shape index (κ1) is 12.5. The third-order valence-electron chi connectivity index (χ3n) is 2.62. The normalized spacial score (nSPS) is 28.6. The van der Waals surface area contributed by atoms with Crippen molar-refractivity contribution in [3.8, 4) is 5.75 Å². The molecule has 3 atom stereocenters. The van der Waals surface area contributed by atoms with Crippen LogP contribution in [-0.2, 0) is 4.74 Å². The molecule has 1 fully saturated rings. The minimum Gasteiger partial charge on any atom is -0.486 e. The smallest absolute Gasteiger partial charge is 0.134 e. The van der Waals surface area contributed by atoms with Gasteiger partial charge in [0.25, 0.3) is 0 Å². The van der Waals surface area contributed by atoms with Crippen LogP contribution >= 0.6 is 39.1 Å². The number of halogens is 3. The van der Waals surface area contributed by atoms with Crippen molar-refractivity contribution in [2.24, 2.45) is 0 Å². The van der Waals surface area contributed by atoms with Crippen LogP contribution in [0.2, 0.25) is 5.02 Å². The monoisotopic (exact) mass is 324 g/mol. The first-order valence-corrected chi connectivity index (χ1v) is 6.51. The van der Waals surface area contributed by atoms with E-state index in [0.29, 0.717) is 5.02 Å². The fraction of sp³-hybridized carbons (Fsp3) is 0.455. The van der Waals surface area contributed by atoms with E-state index in [9.17, 15) is 0 Å². The van der Waals surface area contributed by atoms with Crippen LogP contribution < -0.4 is 4.74 Å². The van der Waals surface area contributed by atoms with Gasteiger partial charge in [-0.05, 0) is 34.1 Å². The summed E-state index contributed by atoms with van der Waals surface area (Å²) in [5.41, 5.74) is 0. The van der Waals surface area contributed by atoms with Gasteiger partial charge in [0.2, 0.25) is 0 Å². The van der Waals surface area contributed by atoms with Gasteiger partial charge in [0.05, 0.1) is 9.85 Å². The van der Waals surface area contributed by atoms with E-state index in [-0.39, 0.29) is 17.6 Å². The Labute approximate surface area is 113 Å². The zero-order valence-electron chi connectivity index (χ0n) is 8.62. The van der Waals surface area contributed by atoms with Gasteiger partial charge in [-0.25, -0.2) is 0 Å². The highest BCUT2D eigenvalue weighted by Crippen LogP contribution is 2.35. The Kier molecular flexibility index (Phi) is 4.01. The second-order valence-corrected chi connectivity index (χ2v) is 5.53. The van der Waals surface area contributed by atoms with E-state index in [4.69, 9.17) is 32.7 Å². The molecule has 5 heteroatoms. The zero-order chi connectivity index (χ0) is 11.7. The Balaban J connectivity index is 2.04. The summed E-state index contributed by atoms with van der Waals surface area (Å²) in [5, 5.41) is 0.715. The van der Waals surface area contributed by atoms with Gasteiger partial charge in [0.1, 0.15) is 18.0 Å². The lowest BCUT2D eigenvalue weighted by Gasteiger charge is -2.39. The van der Waals surface area contributed by atoms with Crippen molar-refractivity contribution >= 4 is 39.1 Å². The topological polar surface area (TPSA) is 18.5 Å². The number of methoxy groups -OCH3 is 1. The second-order valence-electron chi connectivity index (χ2n) is 3.68. The largest absolute Gasteiger partial charge is 0.486 e. The summed E-state index contributed by atoms with van der Waals surface area (Å²) in [5.74, 6) is 0.764. The van der Waals surface area contributed by atoms with E-state index in [0.717, 1.165) is 16.6 Å². The Hall–Kier alpha value is 0.0400. The standard InChI is InChI=1S/C11H11BrCl2O2/c1-15-11-8(14)5-10(11)16-9-3-2-6(13)4-7(9)12/h2-4,8,10-11H,5H2,1H3. The summed E-state index contributed by atoms with van der Waals surface area (Å²) in [7, 11) is 1.65. The highest BCUT2D eigenvalue weighted by atomic mass is 79.9. The second kappa shape index (κ2) is 5.13. The summed E-state index contributed by atoms with van der Waals surface area (Å²) in [6.45, 7) is 0. The maximum atomic E-state index is 6.00. The fourth-order valence-corrected chi connectivity index (χ4v) is 2.89. The summed E-state index contributed by atoms with van der Waals surface area (Å²) in [6.07, 6.45) is 0.781. The summed E-state index contributed by atoms with van der Waals surface area (Å²) in [6, 6.07) is 5.43. The molecule has 3 unspecified atom stereocenters. The van der Waals surface area contributed by atoms with Crippen LogP contribution in [0.4, 0.5) is 0 Å². The van der Waals surface area contributed by atoms with Crippen molar-refractivity contribution in [3.05, 3.63) is 27.7 Å². The lowest BCUT2D eigenvalue weighted by molar-refractivity contribution is -0.0586. The summed E-state index contributed by atoms with van der Waals surface area (Å²) >= 11 is 15.3. The average molecular weight is 326 g/mol. The molecule has 0 heterocycles. The predicted octanol–water partition coefficient (Wildman–Crippen LogP) is 3.88. The molecule has 0 aliphatic heterocycles. The number of ether oxygens (including phenoxy) is 2. The van der Waals surface area contributed by atoms with Crippen LogP contribution in [0.1, 0.15) is 6.42 Å². The Morgan fingerprint density at radius 2 is 2.19 bits per heavy atom. The van der Waals surface area contributed by atoms with Crippen molar-refractivity contribution in [1.82, 2.24) is 0 Å². The number of alkyl halides is 1. The maximum absolute atomic E-state index is 6.00. The van der Waals surface area contributed by atoms with Crippen LogP contribution in [0.25, 0.3) is 0 Å². The van der Waals surface area contributed by atoms with Crippen molar-refractivity contribution in [1.29, 1.82) is 0 Å². The van der Waals surface area contributed by atoms with E-state index >= 15 is 0 Å². The molecule has 0 bridgehead atoms. The number of hydrogen-bond acceptors (Lipinski definition) is 2. The van der Waals surface area contributed by atoms with Gasteiger partial charge in [-0.2, -0.15) is 0 Å². The average Bonchev–Trinajstić information content (AvgIpc) is 2.21. The predicted molar refractivity (Wildman–Crippen MR) is 68.6 cm³/mol. The molecule has 1 aromatic carbocycles. The van der Waals surface area contributed by atoms with Crippen molar-refractivity contribution in [3.63, 3.8) is 0 Å². The molecule has 0 radical (unpaired) electrons. The summed E-state index contributed by atoms with van der Waals surface area (Å²) < 4.78 is 11.9. The van der Waals surface area contributed by atoms with E-state index in [1.165, 1.54) is 0 Å². The lowest BCUT2D eigenvalue weighted by Crippen LogP contribution is -2.52. The molecule has 1 aliphatic rings. The van der Waals surface area contributed by atoms with Crippen LogP contribution in [0.3, 0.4) is 0 Å². The molecule has 0 amide bonds. The first-order valence-electron chi connectivity index (χ1n) is 4.90. The fourth-order valence-electron chi connectivity index (χ4n) is 1.68. The van der Waals surface area contributed by atoms with Crippen LogP contribution in [0.5, 0.6) is 5.75 Å². The van der Waals surface area contributed by atoms with Gasteiger partial charge in [0, 0.05) is 18.6 Å². The van der Waals surface area contributed by atoms with Crippen LogP contribution in [0.15, 0.2) is 22.7 Å². The number of rotatable bonds is 3.